The molecule has 10 heteroatoms. The summed E-state index contributed by atoms with van der Waals surface area (Å²) < 4.78 is 42.5. The fourth-order valence-electron chi connectivity index (χ4n) is 3.21. The lowest BCUT2D eigenvalue weighted by Gasteiger charge is -2.19. The number of hydrogen-bond donors (Lipinski definition) is 0. The third kappa shape index (κ3) is 4.79. The Morgan fingerprint density at radius 3 is 2.47 bits per heavy atom. The highest BCUT2D eigenvalue weighted by molar-refractivity contribution is 7.89. The molecule has 0 spiro atoms. The minimum atomic E-state index is -3.78. The number of halogens is 1. The van der Waals surface area contributed by atoms with Crippen LogP contribution in [0.1, 0.15) is 29.8 Å². The summed E-state index contributed by atoms with van der Waals surface area (Å²) in [6.45, 7) is 3.78. The van der Waals surface area contributed by atoms with Gasteiger partial charge in [-0.25, -0.2) is 18.0 Å². The van der Waals surface area contributed by atoms with Crippen LogP contribution in [0.3, 0.4) is 0 Å². The van der Waals surface area contributed by atoms with Crippen LogP contribution in [0.15, 0.2) is 56.6 Å². The molecule has 32 heavy (non-hydrogen) atoms. The molecule has 0 atom stereocenters. The van der Waals surface area contributed by atoms with Crippen molar-refractivity contribution in [2.75, 3.05) is 20.2 Å². The van der Waals surface area contributed by atoms with Gasteiger partial charge in [0.25, 0.3) is 0 Å². The first-order chi connectivity index (χ1) is 15.2. The van der Waals surface area contributed by atoms with Gasteiger partial charge in [0.15, 0.2) is 0 Å². The van der Waals surface area contributed by atoms with Crippen molar-refractivity contribution in [2.45, 2.75) is 25.3 Å². The van der Waals surface area contributed by atoms with Gasteiger partial charge in [0.2, 0.25) is 10.0 Å². The summed E-state index contributed by atoms with van der Waals surface area (Å²) in [5, 5.41) is 0.623. The Labute approximate surface area is 190 Å². The summed E-state index contributed by atoms with van der Waals surface area (Å²) in [6, 6.07) is 10.0. The van der Waals surface area contributed by atoms with E-state index in [9.17, 15) is 18.0 Å². The first-order valence-corrected chi connectivity index (χ1v) is 11.6. The molecular formula is C22H22ClNO7S. The number of carbonyl (C=O) groups is 1. The predicted molar refractivity (Wildman–Crippen MR) is 120 cm³/mol. The molecule has 0 N–H and O–H groups in total. The molecule has 3 aromatic rings. The van der Waals surface area contributed by atoms with E-state index < -0.39 is 21.6 Å². The van der Waals surface area contributed by atoms with E-state index in [-0.39, 0.29) is 40.8 Å². The second kappa shape index (κ2) is 9.72. The standard InChI is InChI=1S/C22H22ClNO7S/c1-4-24(5-2)32(27,28)16-7-9-19(23)18(12-16)22(26)30-13-14-10-21(25)31-20-11-15(29-3)6-8-17(14)20/h6-12H,4-5,13H2,1-3H3. The zero-order valence-corrected chi connectivity index (χ0v) is 19.3. The highest BCUT2D eigenvalue weighted by Crippen LogP contribution is 2.26. The molecule has 0 fully saturated rings. The Morgan fingerprint density at radius 2 is 1.81 bits per heavy atom. The number of nitrogens with zero attached hydrogens (tertiary/aromatic N) is 1. The molecule has 3 rings (SSSR count). The molecule has 0 bridgehead atoms. The zero-order valence-electron chi connectivity index (χ0n) is 17.8. The summed E-state index contributed by atoms with van der Waals surface area (Å²) in [5.74, 6) is -0.311. The molecular weight excluding hydrogens is 458 g/mol. The van der Waals surface area contributed by atoms with Crippen molar-refractivity contribution >= 4 is 38.6 Å². The Morgan fingerprint density at radius 1 is 1.09 bits per heavy atom. The van der Waals surface area contributed by atoms with Crippen LogP contribution in [0.2, 0.25) is 5.02 Å². The van der Waals surface area contributed by atoms with Crippen LogP contribution >= 0.6 is 11.6 Å². The lowest BCUT2D eigenvalue weighted by atomic mass is 10.1. The maximum absolute atomic E-state index is 12.8. The summed E-state index contributed by atoms with van der Waals surface area (Å²) in [6.07, 6.45) is 0. The molecule has 0 aliphatic carbocycles. The van der Waals surface area contributed by atoms with Crippen LogP contribution in [0.5, 0.6) is 5.75 Å². The average molecular weight is 480 g/mol. The quantitative estimate of drug-likeness (QED) is 0.357. The predicted octanol–water partition coefficient (Wildman–Crippen LogP) is 3.84. The highest BCUT2D eigenvalue weighted by atomic mass is 35.5. The first kappa shape index (κ1) is 23.8. The number of ether oxygens (including phenoxy) is 2. The maximum Gasteiger partial charge on any atom is 0.340 e. The zero-order chi connectivity index (χ0) is 23.5. The largest absolute Gasteiger partial charge is 0.497 e. The van der Waals surface area contributed by atoms with Crippen LogP contribution in [-0.2, 0) is 21.4 Å². The molecule has 0 saturated carbocycles. The Kier molecular flexibility index (Phi) is 7.22. The second-order valence-corrected chi connectivity index (χ2v) is 9.11. The smallest absolute Gasteiger partial charge is 0.340 e. The van der Waals surface area contributed by atoms with E-state index in [0.717, 1.165) is 0 Å². The fourth-order valence-corrected chi connectivity index (χ4v) is 4.89. The van der Waals surface area contributed by atoms with Crippen LogP contribution < -0.4 is 10.4 Å². The second-order valence-electron chi connectivity index (χ2n) is 6.76. The lowest BCUT2D eigenvalue weighted by molar-refractivity contribution is 0.0473. The minimum Gasteiger partial charge on any atom is -0.497 e. The Bertz CT molecular complexity index is 1310. The number of carbonyl (C=O) groups excluding carboxylic acids is 1. The monoisotopic (exact) mass is 479 g/mol. The number of methoxy groups -OCH3 is 1. The molecule has 0 amide bonds. The van der Waals surface area contributed by atoms with Crippen molar-refractivity contribution in [1.82, 2.24) is 4.31 Å². The van der Waals surface area contributed by atoms with Gasteiger partial charge >= 0.3 is 11.6 Å². The van der Waals surface area contributed by atoms with Gasteiger partial charge < -0.3 is 13.9 Å². The van der Waals surface area contributed by atoms with Crippen molar-refractivity contribution in [2.24, 2.45) is 0 Å². The van der Waals surface area contributed by atoms with E-state index in [0.29, 0.717) is 16.7 Å². The average Bonchev–Trinajstić information content (AvgIpc) is 2.77. The topological polar surface area (TPSA) is 103 Å². The van der Waals surface area contributed by atoms with Gasteiger partial charge in [0.05, 0.1) is 22.6 Å². The van der Waals surface area contributed by atoms with Gasteiger partial charge in [-0.1, -0.05) is 25.4 Å². The van der Waals surface area contributed by atoms with E-state index in [1.165, 1.54) is 35.7 Å². The Balaban J connectivity index is 1.90. The molecule has 170 valence electrons. The molecule has 8 nitrogen and oxygen atoms in total. The van der Waals surface area contributed by atoms with Crippen molar-refractivity contribution in [3.05, 3.63) is 69.0 Å². The molecule has 0 unspecified atom stereocenters. The highest BCUT2D eigenvalue weighted by Gasteiger charge is 2.24. The fraction of sp³-hybridized carbons (Fsp3) is 0.273. The van der Waals surface area contributed by atoms with Crippen molar-refractivity contribution in [3.8, 4) is 5.75 Å². The molecule has 1 heterocycles. The van der Waals surface area contributed by atoms with Crippen molar-refractivity contribution < 1.29 is 27.1 Å². The Hall–Kier alpha value is -2.88. The number of benzene rings is 2. The normalized spacial score (nSPS) is 11.7. The van der Waals surface area contributed by atoms with Gasteiger partial charge in [-0.2, -0.15) is 4.31 Å². The van der Waals surface area contributed by atoms with Crippen LogP contribution in [0.4, 0.5) is 0 Å². The summed E-state index contributed by atoms with van der Waals surface area (Å²) in [4.78, 5) is 24.6. The van der Waals surface area contributed by atoms with E-state index >= 15 is 0 Å². The molecule has 1 aromatic heterocycles. The number of fused-ring (bicyclic) bond motifs is 1. The first-order valence-electron chi connectivity index (χ1n) is 9.78. The van der Waals surface area contributed by atoms with Crippen molar-refractivity contribution in [3.63, 3.8) is 0 Å². The number of rotatable bonds is 8. The van der Waals surface area contributed by atoms with E-state index in [2.05, 4.69) is 0 Å². The molecule has 0 radical (unpaired) electrons. The van der Waals surface area contributed by atoms with E-state index in [1.54, 1.807) is 32.0 Å². The summed E-state index contributed by atoms with van der Waals surface area (Å²) in [5.41, 5.74) is 0.0134. The number of sulfonamides is 1. The third-order valence-corrected chi connectivity index (χ3v) is 7.27. The lowest BCUT2D eigenvalue weighted by Crippen LogP contribution is -2.30. The van der Waals surface area contributed by atoms with Gasteiger partial charge in [-0.3, -0.25) is 0 Å². The van der Waals surface area contributed by atoms with Gasteiger partial charge in [-0.15, -0.1) is 0 Å². The third-order valence-electron chi connectivity index (χ3n) is 4.90. The molecule has 0 saturated heterocycles. The van der Waals surface area contributed by atoms with Crippen LogP contribution in [0, 0.1) is 0 Å². The molecule has 0 aliphatic rings. The molecule has 0 aliphatic heterocycles. The maximum atomic E-state index is 12.8. The van der Waals surface area contributed by atoms with E-state index in [4.69, 9.17) is 25.5 Å². The van der Waals surface area contributed by atoms with Gasteiger partial charge in [0.1, 0.15) is 17.9 Å². The van der Waals surface area contributed by atoms with Gasteiger partial charge in [0, 0.05) is 36.2 Å². The number of hydrogen-bond acceptors (Lipinski definition) is 7. The summed E-state index contributed by atoms with van der Waals surface area (Å²) in [7, 11) is -2.29. The minimum absolute atomic E-state index is 0.0515. The van der Waals surface area contributed by atoms with Crippen LogP contribution in [-0.4, -0.2) is 38.9 Å². The SMILES string of the molecule is CCN(CC)S(=O)(=O)c1ccc(Cl)c(C(=O)OCc2cc(=O)oc3cc(OC)ccc23)c1. The number of esters is 1. The van der Waals surface area contributed by atoms with Crippen LogP contribution in [0.25, 0.3) is 11.0 Å². The molecule has 2 aromatic carbocycles. The van der Waals surface area contributed by atoms with Gasteiger partial charge in [-0.05, 0) is 30.3 Å². The van der Waals surface area contributed by atoms with E-state index in [1.807, 2.05) is 0 Å². The summed E-state index contributed by atoms with van der Waals surface area (Å²) >= 11 is 6.14. The van der Waals surface area contributed by atoms with Crippen molar-refractivity contribution in [1.29, 1.82) is 0 Å².